The van der Waals surface area contributed by atoms with Crippen LogP contribution in [0.4, 0.5) is 4.79 Å². The number of nitrogens with zero attached hydrogens (tertiary/aromatic N) is 1. The molecule has 0 aromatic heterocycles. The van der Waals surface area contributed by atoms with E-state index < -0.39 is 0 Å². The number of hydrogen-bond donors (Lipinski definition) is 0. The Kier molecular flexibility index (Phi) is 4.66. The number of ether oxygens (including phenoxy) is 1. The van der Waals surface area contributed by atoms with E-state index in [1.807, 2.05) is 0 Å². The lowest BCUT2D eigenvalue weighted by Crippen LogP contribution is -2.40. The van der Waals surface area contributed by atoms with Crippen molar-refractivity contribution in [1.82, 2.24) is 4.90 Å². The third-order valence-corrected chi connectivity index (χ3v) is 2.88. The number of carbonyl (C=O) groups is 1. The van der Waals surface area contributed by atoms with Crippen molar-refractivity contribution in [2.24, 2.45) is 5.92 Å². The molecule has 0 saturated carbocycles. The maximum atomic E-state index is 11.6. The topological polar surface area (TPSA) is 29.5 Å². The minimum Gasteiger partial charge on any atom is -0.449 e. The minimum absolute atomic E-state index is 0.164. The lowest BCUT2D eigenvalue weighted by molar-refractivity contribution is 0.0927. The van der Waals surface area contributed by atoms with E-state index in [1.54, 1.807) is 4.90 Å². The van der Waals surface area contributed by atoms with E-state index in [1.165, 1.54) is 5.57 Å². The molecule has 0 N–H and O–H groups in total. The van der Waals surface area contributed by atoms with Crippen LogP contribution in [0.2, 0.25) is 0 Å². The number of piperidine rings is 1. The van der Waals surface area contributed by atoms with Crippen LogP contribution in [-0.2, 0) is 4.74 Å². The maximum absolute atomic E-state index is 11.6. The van der Waals surface area contributed by atoms with Gasteiger partial charge in [0.2, 0.25) is 0 Å². The molecule has 1 unspecified atom stereocenters. The number of carbonyl (C=O) groups excluding carboxylic acids is 1. The summed E-state index contributed by atoms with van der Waals surface area (Å²) in [6.45, 7) is 10.2. The monoisotopic (exact) mass is 211 g/mol. The molecular formula is C12H21NO2. The molecule has 3 heteroatoms. The summed E-state index contributed by atoms with van der Waals surface area (Å²) in [6, 6.07) is 0. The zero-order valence-electron chi connectivity index (χ0n) is 9.79. The predicted molar refractivity (Wildman–Crippen MR) is 60.8 cm³/mol. The van der Waals surface area contributed by atoms with Crippen LogP contribution in [0.3, 0.4) is 0 Å². The first-order valence-electron chi connectivity index (χ1n) is 5.74. The van der Waals surface area contributed by atoms with Gasteiger partial charge in [-0.05, 0) is 18.8 Å². The van der Waals surface area contributed by atoms with E-state index >= 15 is 0 Å². The Morgan fingerprint density at radius 2 is 2.40 bits per heavy atom. The van der Waals surface area contributed by atoms with Crippen molar-refractivity contribution >= 4 is 6.09 Å². The molecule has 1 heterocycles. The summed E-state index contributed by atoms with van der Waals surface area (Å²) in [4.78, 5) is 13.4. The van der Waals surface area contributed by atoms with Gasteiger partial charge in [-0.2, -0.15) is 0 Å². The first-order valence-corrected chi connectivity index (χ1v) is 5.74. The third-order valence-electron chi connectivity index (χ3n) is 2.88. The Hall–Kier alpha value is -0.990. The van der Waals surface area contributed by atoms with Crippen LogP contribution < -0.4 is 0 Å². The van der Waals surface area contributed by atoms with Crippen LogP contribution in [0, 0.1) is 5.92 Å². The van der Waals surface area contributed by atoms with E-state index in [-0.39, 0.29) is 6.09 Å². The summed E-state index contributed by atoms with van der Waals surface area (Å²) >= 11 is 0. The molecule has 0 radical (unpaired) electrons. The van der Waals surface area contributed by atoms with Gasteiger partial charge >= 0.3 is 6.09 Å². The Labute approximate surface area is 92.1 Å². The fourth-order valence-electron chi connectivity index (χ4n) is 1.64. The van der Waals surface area contributed by atoms with Gasteiger partial charge in [0.25, 0.3) is 0 Å². The van der Waals surface area contributed by atoms with Crippen molar-refractivity contribution in [3.63, 3.8) is 0 Å². The average Bonchev–Trinajstić information content (AvgIpc) is 2.22. The zero-order chi connectivity index (χ0) is 11.3. The highest BCUT2D eigenvalue weighted by molar-refractivity contribution is 5.67. The van der Waals surface area contributed by atoms with Crippen LogP contribution >= 0.6 is 0 Å². The molecule has 15 heavy (non-hydrogen) atoms. The lowest BCUT2D eigenvalue weighted by atomic mass is 9.95. The van der Waals surface area contributed by atoms with E-state index in [0.717, 1.165) is 32.4 Å². The number of rotatable bonds is 3. The second-order valence-corrected chi connectivity index (χ2v) is 4.22. The SMILES string of the molecule is C=C1CCN(C(=O)OCCCC)CC1C. The summed E-state index contributed by atoms with van der Waals surface area (Å²) in [7, 11) is 0. The normalized spacial score (nSPS) is 21.6. The number of likely N-dealkylation sites (tertiary alicyclic amines) is 1. The molecule has 1 atom stereocenters. The summed E-state index contributed by atoms with van der Waals surface area (Å²) in [5.41, 5.74) is 1.24. The third kappa shape index (κ3) is 3.57. The van der Waals surface area contributed by atoms with Crippen LogP contribution in [0.25, 0.3) is 0 Å². The number of unbranched alkanes of at least 4 members (excludes halogenated alkanes) is 1. The largest absolute Gasteiger partial charge is 0.449 e. The molecule has 86 valence electrons. The van der Waals surface area contributed by atoms with Gasteiger partial charge in [-0.15, -0.1) is 0 Å². The molecule has 1 rings (SSSR count). The van der Waals surface area contributed by atoms with Crippen LogP contribution in [0.15, 0.2) is 12.2 Å². The second kappa shape index (κ2) is 5.79. The molecule has 1 aliphatic heterocycles. The molecule has 0 bridgehead atoms. The summed E-state index contributed by atoms with van der Waals surface area (Å²) in [6.07, 6.45) is 2.75. The summed E-state index contributed by atoms with van der Waals surface area (Å²) in [5.74, 6) is 0.400. The fourth-order valence-corrected chi connectivity index (χ4v) is 1.64. The van der Waals surface area contributed by atoms with Crippen LogP contribution in [0.5, 0.6) is 0 Å². The maximum Gasteiger partial charge on any atom is 0.409 e. The molecule has 0 aliphatic carbocycles. The molecule has 3 nitrogen and oxygen atoms in total. The van der Waals surface area contributed by atoms with Gasteiger partial charge in [0.05, 0.1) is 6.61 Å². The van der Waals surface area contributed by atoms with Crippen molar-refractivity contribution in [3.8, 4) is 0 Å². The van der Waals surface area contributed by atoms with E-state index in [4.69, 9.17) is 4.74 Å². The van der Waals surface area contributed by atoms with Gasteiger partial charge in [-0.25, -0.2) is 4.79 Å². The van der Waals surface area contributed by atoms with Crippen LogP contribution in [0.1, 0.15) is 33.1 Å². The van der Waals surface area contributed by atoms with Crippen molar-refractivity contribution in [1.29, 1.82) is 0 Å². The van der Waals surface area contributed by atoms with Gasteiger partial charge in [-0.1, -0.05) is 32.4 Å². The molecule has 1 amide bonds. The lowest BCUT2D eigenvalue weighted by Gasteiger charge is -2.31. The molecule has 0 aromatic rings. The van der Waals surface area contributed by atoms with E-state index in [0.29, 0.717) is 12.5 Å². The fraction of sp³-hybridized carbons (Fsp3) is 0.750. The van der Waals surface area contributed by atoms with Crippen molar-refractivity contribution in [2.75, 3.05) is 19.7 Å². The average molecular weight is 211 g/mol. The van der Waals surface area contributed by atoms with Crippen molar-refractivity contribution < 1.29 is 9.53 Å². The quantitative estimate of drug-likeness (QED) is 0.530. The molecular weight excluding hydrogens is 190 g/mol. The molecule has 0 aromatic carbocycles. The zero-order valence-corrected chi connectivity index (χ0v) is 9.79. The van der Waals surface area contributed by atoms with Gasteiger partial charge < -0.3 is 9.64 Å². The predicted octanol–water partition coefficient (Wildman–Crippen LogP) is 2.82. The van der Waals surface area contributed by atoms with Gasteiger partial charge in [0.15, 0.2) is 0 Å². The van der Waals surface area contributed by atoms with Crippen molar-refractivity contribution in [3.05, 3.63) is 12.2 Å². The Morgan fingerprint density at radius 1 is 1.67 bits per heavy atom. The molecule has 1 saturated heterocycles. The summed E-state index contributed by atoms with van der Waals surface area (Å²) < 4.78 is 5.16. The standard InChI is InChI=1S/C12H21NO2/c1-4-5-8-15-12(14)13-7-6-10(2)11(3)9-13/h11H,2,4-9H2,1,3H3. The Bertz CT molecular complexity index is 238. The molecule has 1 aliphatic rings. The van der Waals surface area contributed by atoms with Gasteiger partial charge in [0, 0.05) is 13.1 Å². The van der Waals surface area contributed by atoms with Crippen molar-refractivity contribution in [2.45, 2.75) is 33.1 Å². The van der Waals surface area contributed by atoms with E-state index in [2.05, 4.69) is 20.4 Å². The molecule has 1 fully saturated rings. The minimum atomic E-state index is -0.164. The number of hydrogen-bond acceptors (Lipinski definition) is 2. The Balaban J connectivity index is 2.31. The highest BCUT2D eigenvalue weighted by atomic mass is 16.6. The number of amides is 1. The highest BCUT2D eigenvalue weighted by Gasteiger charge is 2.23. The summed E-state index contributed by atoms with van der Waals surface area (Å²) in [5, 5.41) is 0. The van der Waals surface area contributed by atoms with E-state index in [9.17, 15) is 4.79 Å². The first-order chi connectivity index (χ1) is 7.15. The van der Waals surface area contributed by atoms with Crippen LogP contribution in [-0.4, -0.2) is 30.7 Å². The molecule has 0 spiro atoms. The highest BCUT2D eigenvalue weighted by Crippen LogP contribution is 2.20. The smallest absolute Gasteiger partial charge is 0.409 e. The van der Waals surface area contributed by atoms with Gasteiger partial charge in [-0.3, -0.25) is 0 Å². The first kappa shape index (κ1) is 12.1. The second-order valence-electron chi connectivity index (χ2n) is 4.22. The Morgan fingerprint density at radius 3 is 3.00 bits per heavy atom. The van der Waals surface area contributed by atoms with Gasteiger partial charge in [0.1, 0.15) is 0 Å².